The van der Waals surface area contributed by atoms with Crippen molar-refractivity contribution in [3.8, 4) is 6.07 Å². The van der Waals surface area contributed by atoms with Crippen molar-refractivity contribution >= 4 is 0 Å². The number of rotatable bonds is 0. The Morgan fingerprint density at radius 3 is 2.80 bits per heavy atom. The first-order chi connectivity index (χ1) is 4.74. The molecule has 1 rings (SSSR count). The van der Waals surface area contributed by atoms with Crippen LogP contribution in [0.15, 0.2) is 22.9 Å². The predicted octanol–water partition coefficient (Wildman–Crippen LogP) is 1.33. The third-order valence-corrected chi connectivity index (χ3v) is 1.55. The highest BCUT2D eigenvalue weighted by molar-refractivity contribution is 5.41. The molecule has 0 unspecified atom stereocenters. The number of nitriles is 1. The third-order valence-electron chi connectivity index (χ3n) is 1.55. The minimum Gasteiger partial charge on any atom is -0.384 e. The zero-order chi connectivity index (χ0) is 7.56. The molecule has 1 aliphatic rings. The van der Waals surface area contributed by atoms with Gasteiger partial charge in [0.25, 0.3) is 0 Å². The van der Waals surface area contributed by atoms with E-state index in [9.17, 15) is 0 Å². The molecule has 0 spiro atoms. The molecule has 0 aliphatic carbocycles. The Balaban J connectivity index is 2.95. The van der Waals surface area contributed by atoms with Gasteiger partial charge in [0.2, 0.25) is 0 Å². The molecular formula is C8H10N2. The molecule has 0 radical (unpaired) electrons. The van der Waals surface area contributed by atoms with E-state index in [1.165, 1.54) is 5.57 Å². The molecule has 10 heavy (non-hydrogen) atoms. The highest BCUT2D eigenvalue weighted by Crippen LogP contribution is 2.10. The van der Waals surface area contributed by atoms with Crippen molar-refractivity contribution in [2.75, 3.05) is 6.54 Å². The number of hydrogen-bond acceptors (Lipinski definition) is 2. The summed E-state index contributed by atoms with van der Waals surface area (Å²) >= 11 is 0. The highest BCUT2D eigenvalue weighted by Gasteiger charge is 2.04. The van der Waals surface area contributed by atoms with Crippen molar-refractivity contribution < 1.29 is 0 Å². The van der Waals surface area contributed by atoms with Gasteiger partial charge in [0.1, 0.15) is 6.07 Å². The second-order valence-corrected chi connectivity index (χ2v) is 2.49. The molecule has 2 nitrogen and oxygen atoms in total. The molecule has 0 aromatic carbocycles. The summed E-state index contributed by atoms with van der Waals surface area (Å²) in [7, 11) is 0. The molecule has 2 heteroatoms. The molecule has 0 bridgehead atoms. The monoisotopic (exact) mass is 134 g/mol. The smallest absolute Gasteiger partial charge is 0.101 e. The maximum Gasteiger partial charge on any atom is 0.101 e. The summed E-state index contributed by atoms with van der Waals surface area (Å²) in [6.07, 6.45) is 1.92. The van der Waals surface area contributed by atoms with Gasteiger partial charge in [-0.15, -0.1) is 0 Å². The van der Waals surface area contributed by atoms with Gasteiger partial charge in [0.15, 0.2) is 0 Å². The Bertz CT molecular complexity index is 240. The molecule has 52 valence electrons. The maximum atomic E-state index is 8.59. The Kier molecular flexibility index (Phi) is 1.77. The summed E-state index contributed by atoms with van der Waals surface area (Å²) in [5.41, 5.74) is 2.94. The van der Waals surface area contributed by atoms with Gasteiger partial charge < -0.3 is 5.32 Å². The topological polar surface area (TPSA) is 35.8 Å². The Labute approximate surface area is 60.9 Å². The zero-order valence-electron chi connectivity index (χ0n) is 6.23. The van der Waals surface area contributed by atoms with Crippen molar-refractivity contribution in [1.82, 2.24) is 5.32 Å². The van der Waals surface area contributed by atoms with Crippen LogP contribution in [-0.2, 0) is 0 Å². The van der Waals surface area contributed by atoms with Crippen LogP contribution < -0.4 is 5.32 Å². The quantitative estimate of drug-likeness (QED) is 0.542. The van der Waals surface area contributed by atoms with E-state index in [0.29, 0.717) is 0 Å². The first-order valence-corrected chi connectivity index (χ1v) is 3.26. The number of allylic oxidation sites excluding steroid dienone is 3. The summed E-state index contributed by atoms with van der Waals surface area (Å²) in [6.45, 7) is 4.80. The summed E-state index contributed by atoms with van der Waals surface area (Å²) in [5.74, 6) is 0. The predicted molar refractivity (Wildman–Crippen MR) is 40.1 cm³/mol. The van der Waals surface area contributed by atoms with Crippen molar-refractivity contribution in [3.05, 3.63) is 22.9 Å². The first kappa shape index (κ1) is 6.88. The lowest BCUT2D eigenvalue weighted by Crippen LogP contribution is -2.18. The van der Waals surface area contributed by atoms with Crippen molar-refractivity contribution in [3.63, 3.8) is 0 Å². The fourth-order valence-corrected chi connectivity index (χ4v) is 0.889. The maximum absolute atomic E-state index is 8.59. The normalized spacial score (nSPS) is 17.5. The van der Waals surface area contributed by atoms with Gasteiger partial charge in [-0.25, -0.2) is 0 Å². The van der Waals surface area contributed by atoms with E-state index in [2.05, 4.69) is 11.4 Å². The third kappa shape index (κ3) is 1.19. The molecule has 0 amide bonds. The van der Waals surface area contributed by atoms with Crippen LogP contribution in [0.25, 0.3) is 0 Å². The van der Waals surface area contributed by atoms with Gasteiger partial charge in [-0.2, -0.15) is 5.26 Å². The number of nitrogens with one attached hydrogen (secondary N) is 1. The van der Waals surface area contributed by atoms with E-state index >= 15 is 0 Å². The highest BCUT2D eigenvalue weighted by atomic mass is 14.9. The lowest BCUT2D eigenvalue weighted by atomic mass is 10.1. The Hall–Kier alpha value is -1.23. The number of hydrogen-bond donors (Lipinski definition) is 1. The molecule has 1 N–H and O–H groups in total. The van der Waals surface area contributed by atoms with Crippen LogP contribution in [0.4, 0.5) is 0 Å². The summed E-state index contributed by atoms with van der Waals surface area (Å²) in [5, 5.41) is 11.7. The molecule has 1 heterocycles. The second-order valence-electron chi connectivity index (χ2n) is 2.49. The Morgan fingerprint density at radius 1 is 1.60 bits per heavy atom. The summed E-state index contributed by atoms with van der Waals surface area (Å²) < 4.78 is 0. The Morgan fingerprint density at radius 2 is 2.30 bits per heavy atom. The molecule has 1 aliphatic heterocycles. The van der Waals surface area contributed by atoms with Crippen molar-refractivity contribution in [2.24, 2.45) is 0 Å². The second kappa shape index (κ2) is 2.57. The fraction of sp³-hybridized carbons (Fsp3) is 0.375. The summed E-state index contributed by atoms with van der Waals surface area (Å²) in [4.78, 5) is 0. The van der Waals surface area contributed by atoms with Gasteiger partial charge in [0, 0.05) is 12.2 Å². The van der Waals surface area contributed by atoms with E-state index in [1.54, 1.807) is 0 Å². The van der Waals surface area contributed by atoms with E-state index in [1.807, 2.05) is 19.9 Å². The average Bonchev–Trinajstić information content (AvgIpc) is 1.94. The largest absolute Gasteiger partial charge is 0.384 e. The van der Waals surface area contributed by atoms with Crippen LogP contribution in [0.5, 0.6) is 0 Å². The van der Waals surface area contributed by atoms with E-state index in [4.69, 9.17) is 5.26 Å². The summed E-state index contributed by atoms with van der Waals surface area (Å²) in [6, 6.07) is 2.12. The van der Waals surface area contributed by atoms with Crippen LogP contribution in [0.3, 0.4) is 0 Å². The molecule has 0 atom stereocenters. The lowest BCUT2D eigenvalue weighted by molar-refractivity contribution is 0.844. The standard InChI is InChI=1S/C8H10N2/c1-6-3-8(4-9)7(2)10-5-6/h3,10H,5H2,1-2H3. The van der Waals surface area contributed by atoms with Crippen molar-refractivity contribution in [2.45, 2.75) is 13.8 Å². The van der Waals surface area contributed by atoms with Gasteiger partial charge in [-0.05, 0) is 19.9 Å². The molecule has 0 aromatic heterocycles. The molecule has 0 aromatic rings. The molecule has 0 saturated heterocycles. The fourth-order valence-electron chi connectivity index (χ4n) is 0.889. The van der Waals surface area contributed by atoms with Crippen LogP contribution >= 0.6 is 0 Å². The minimum absolute atomic E-state index is 0.753. The van der Waals surface area contributed by atoms with Crippen LogP contribution in [-0.4, -0.2) is 6.54 Å². The van der Waals surface area contributed by atoms with Crippen molar-refractivity contribution in [1.29, 1.82) is 5.26 Å². The molecule has 0 saturated carbocycles. The van der Waals surface area contributed by atoms with Gasteiger partial charge >= 0.3 is 0 Å². The zero-order valence-corrected chi connectivity index (χ0v) is 6.23. The van der Waals surface area contributed by atoms with E-state index in [0.717, 1.165) is 17.8 Å². The SMILES string of the molecule is CC1=CC(C#N)=C(C)NC1. The number of dihydropyridines is 1. The average molecular weight is 134 g/mol. The first-order valence-electron chi connectivity index (χ1n) is 3.26. The van der Waals surface area contributed by atoms with E-state index in [-0.39, 0.29) is 0 Å². The minimum atomic E-state index is 0.753. The van der Waals surface area contributed by atoms with E-state index < -0.39 is 0 Å². The van der Waals surface area contributed by atoms with Crippen LogP contribution in [0.2, 0.25) is 0 Å². The van der Waals surface area contributed by atoms with Crippen LogP contribution in [0, 0.1) is 11.3 Å². The van der Waals surface area contributed by atoms with Crippen LogP contribution in [0.1, 0.15) is 13.8 Å². The lowest BCUT2D eigenvalue weighted by Gasteiger charge is -2.13. The van der Waals surface area contributed by atoms with Gasteiger partial charge in [0.05, 0.1) is 5.57 Å². The molecular weight excluding hydrogens is 124 g/mol. The van der Waals surface area contributed by atoms with Gasteiger partial charge in [-0.1, -0.05) is 5.57 Å². The molecule has 0 fully saturated rings. The number of nitrogens with zero attached hydrogens (tertiary/aromatic N) is 1. The van der Waals surface area contributed by atoms with Gasteiger partial charge in [-0.3, -0.25) is 0 Å².